The maximum Gasteiger partial charge on any atom is 0.240 e. The molecule has 1 aliphatic heterocycles. The first-order valence-corrected chi connectivity index (χ1v) is 7.63. The molecule has 2 heterocycles. The minimum absolute atomic E-state index is 0.309. The molecule has 2 aromatic rings. The summed E-state index contributed by atoms with van der Waals surface area (Å²) in [6.45, 7) is 1.13. The summed E-state index contributed by atoms with van der Waals surface area (Å²) >= 11 is 0. The van der Waals surface area contributed by atoms with E-state index in [1.165, 1.54) is 11.1 Å². The van der Waals surface area contributed by atoms with Crippen LogP contribution in [0.15, 0.2) is 28.8 Å². The van der Waals surface area contributed by atoms with Gasteiger partial charge in [0.05, 0.1) is 12.6 Å². The van der Waals surface area contributed by atoms with Crippen LogP contribution in [-0.4, -0.2) is 27.0 Å². The molecule has 1 aromatic heterocycles. The van der Waals surface area contributed by atoms with Gasteiger partial charge in [0.2, 0.25) is 11.8 Å². The highest BCUT2D eigenvalue weighted by molar-refractivity contribution is 5.80. The third-order valence-corrected chi connectivity index (χ3v) is 4.44. The highest BCUT2D eigenvalue weighted by atomic mass is 16.5. The smallest absolute Gasteiger partial charge is 0.240 e. The van der Waals surface area contributed by atoms with Crippen molar-refractivity contribution in [2.45, 2.75) is 44.3 Å². The molecule has 1 aliphatic carbocycles. The van der Waals surface area contributed by atoms with Crippen LogP contribution in [0.5, 0.6) is 0 Å². The number of nitrogens with zero attached hydrogens (tertiary/aromatic N) is 3. The van der Waals surface area contributed by atoms with Crippen LogP contribution in [-0.2, 0) is 24.3 Å². The van der Waals surface area contributed by atoms with E-state index in [0.29, 0.717) is 31.3 Å². The van der Waals surface area contributed by atoms with Crippen molar-refractivity contribution >= 4 is 5.91 Å². The van der Waals surface area contributed by atoms with Crippen LogP contribution in [0.1, 0.15) is 41.6 Å². The number of carbonyl (C=O) groups excluding carboxylic acids is 1. The molecule has 2 N–H and O–H groups in total. The van der Waals surface area contributed by atoms with E-state index in [1.807, 2.05) is 17.0 Å². The fourth-order valence-electron chi connectivity index (χ4n) is 3.04. The summed E-state index contributed by atoms with van der Waals surface area (Å²) in [5.74, 6) is 1.51. The van der Waals surface area contributed by atoms with Gasteiger partial charge in [0.15, 0.2) is 5.82 Å². The van der Waals surface area contributed by atoms with E-state index in [0.717, 1.165) is 18.7 Å². The molecule has 1 atom stereocenters. The molecule has 1 saturated carbocycles. The van der Waals surface area contributed by atoms with Crippen LogP contribution in [0.25, 0.3) is 0 Å². The Balaban J connectivity index is 1.56. The molecule has 4 rings (SSSR count). The van der Waals surface area contributed by atoms with Crippen molar-refractivity contribution in [2.75, 3.05) is 0 Å². The van der Waals surface area contributed by atoms with E-state index in [9.17, 15) is 4.79 Å². The first kappa shape index (κ1) is 13.5. The molecule has 1 fully saturated rings. The Bertz CT molecular complexity index is 708. The van der Waals surface area contributed by atoms with Gasteiger partial charge in [0, 0.05) is 12.5 Å². The van der Waals surface area contributed by atoms with Crippen LogP contribution in [0.3, 0.4) is 0 Å². The molecule has 0 bridgehead atoms. The largest absolute Gasteiger partial charge is 0.368 e. The number of hydrogen-bond donors (Lipinski definition) is 1. The lowest BCUT2D eigenvalue weighted by molar-refractivity contribution is -0.124. The molecule has 22 heavy (non-hydrogen) atoms. The lowest BCUT2D eigenvalue weighted by Gasteiger charge is -2.33. The Morgan fingerprint density at radius 3 is 2.82 bits per heavy atom. The minimum Gasteiger partial charge on any atom is -0.368 e. The highest BCUT2D eigenvalue weighted by Crippen LogP contribution is 2.38. The molecule has 6 nitrogen and oxygen atoms in total. The topological polar surface area (TPSA) is 85.3 Å². The monoisotopic (exact) mass is 298 g/mol. The molecule has 6 heteroatoms. The summed E-state index contributed by atoms with van der Waals surface area (Å²) in [7, 11) is 0. The predicted octanol–water partition coefficient (Wildman–Crippen LogP) is 1.36. The zero-order chi connectivity index (χ0) is 15.1. The Hall–Kier alpha value is -2.21. The molecule has 114 valence electrons. The number of carbonyl (C=O) groups is 1. The second kappa shape index (κ2) is 5.21. The fraction of sp³-hybridized carbons (Fsp3) is 0.438. The normalized spacial score (nSPS) is 21.5. The summed E-state index contributed by atoms with van der Waals surface area (Å²) in [4.78, 5) is 18.3. The van der Waals surface area contributed by atoms with Gasteiger partial charge in [0.1, 0.15) is 0 Å². The van der Waals surface area contributed by atoms with Crippen molar-refractivity contribution in [3.63, 3.8) is 0 Å². The van der Waals surface area contributed by atoms with Crippen molar-refractivity contribution in [2.24, 2.45) is 5.73 Å². The molecule has 1 aromatic carbocycles. The number of hydrogen-bond acceptors (Lipinski definition) is 5. The van der Waals surface area contributed by atoms with Gasteiger partial charge in [-0.25, -0.2) is 0 Å². The summed E-state index contributed by atoms with van der Waals surface area (Å²) in [6.07, 6.45) is 2.91. The van der Waals surface area contributed by atoms with Crippen molar-refractivity contribution in [1.29, 1.82) is 0 Å². The number of nitrogens with two attached hydrogens (primary N) is 1. The van der Waals surface area contributed by atoms with E-state index in [4.69, 9.17) is 10.3 Å². The van der Waals surface area contributed by atoms with Gasteiger partial charge >= 0.3 is 0 Å². The third-order valence-electron chi connectivity index (χ3n) is 4.44. The fourth-order valence-corrected chi connectivity index (χ4v) is 3.04. The SMILES string of the molecule is NC(=O)[C@@H]1Cc2ccccc2CN1Cc1nc(C2CC2)no1. The van der Waals surface area contributed by atoms with Gasteiger partial charge in [-0.3, -0.25) is 9.69 Å². The van der Waals surface area contributed by atoms with Gasteiger partial charge < -0.3 is 10.3 Å². The Labute approximate surface area is 128 Å². The van der Waals surface area contributed by atoms with Crippen molar-refractivity contribution in [3.8, 4) is 0 Å². The molecular weight excluding hydrogens is 280 g/mol. The number of aromatic nitrogens is 2. The van der Waals surface area contributed by atoms with Crippen LogP contribution in [0.2, 0.25) is 0 Å². The minimum atomic E-state index is -0.328. The predicted molar refractivity (Wildman–Crippen MR) is 78.6 cm³/mol. The number of benzene rings is 1. The van der Waals surface area contributed by atoms with Gasteiger partial charge in [-0.1, -0.05) is 29.4 Å². The zero-order valence-corrected chi connectivity index (χ0v) is 12.2. The maximum atomic E-state index is 11.8. The van der Waals surface area contributed by atoms with E-state index < -0.39 is 0 Å². The van der Waals surface area contributed by atoms with E-state index >= 15 is 0 Å². The quantitative estimate of drug-likeness (QED) is 0.921. The van der Waals surface area contributed by atoms with E-state index in [2.05, 4.69) is 22.3 Å². The van der Waals surface area contributed by atoms with Crippen molar-refractivity contribution in [3.05, 3.63) is 47.1 Å². The van der Waals surface area contributed by atoms with Crippen LogP contribution in [0.4, 0.5) is 0 Å². The van der Waals surface area contributed by atoms with Crippen molar-refractivity contribution < 1.29 is 9.32 Å². The summed E-state index contributed by atoms with van der Waals surface area (Å²) in [6, 6.07) is 7.82. The summed E-state index contributed by atoms with van der Waals surface area (Å²) in [5, 5.41) is 4.03. The zero-order valence-electron chi connectivity index (χ0n) is 12.2. The Kier molecular flexibility index (Phi) is 3.18. The second-order valence-corrected chi connectivity index (χ2v) is 6.12. The molecule has 1 amide bonds. The molecule has 0 saturated heterocycles. The van der Waals surface area contributed by atoms with Gasteiger partial charge in [-0.15, -0.1) is 0 Å². The van der Waals surface area contributed by atoms with Crippen LogP contribution >= 0.6 is 0 Å². The van der Waals surface area contributed by atoms with Gasteiger partial charge in [0.25, 0.3) is 0 Å². The molecule has 0 spiro atoms. The highest BCUT2D eigenvalue weighted by Gasteiger charge is 2.32. The first-order chi connectivity index (χ1) is 10.7. The number of primary amides is 1. The second-order valence-electron chi connectivity index (χ2n) is 6.12. The average molecular weight is 298 g/mol. The lowest BCUT2D eigenvalue weighted by Crippen LogP contribution is -2.48. The Morgan fingerprint density at radius 1 is 1.32 bits per heavy atom. The first-order valence-electron chi connectivity index (χ1n) is 7.63. The average Bonchev–Trinajstić information content (AvgIpc) is 3.27. The van der Waals surface area contributed by atoms with Gasteiger partial charge in [-0.2, -0.15) is 4.98 Å². The molecule has 2 aliphatic rings. The Morgan fingerprint density at radius 2 is 2.09 bits per heavy atom. The molecular formula is C16H18N4O2. The molecule has 0 radical (unpaired) electrons. The van der Waals surface area contributed by atoms with Crippen LogP contribution < -0.4 is 5.73 Å². The van der Waals surface area contributed by atoms with E-state index in [1.54, 1.807) is 0 Å². The number of fused-ring (bicyclic) bond motifs is 1. The number of rotatable bonds is 4. The van der Waals surface area contributed by atoms with Crippen molar-refractivity contribution in [1.82, 2.24) is 15.0 Å². The molecule has 0 unspecified atom stereocenters. The number of amides is 1. The summed E-state index contributed by atoms with van der Waals surface area (Å²) < 4.78 is 5.33. The maximum absolute atomic E-state index is 11.8. The van der Waals surface area contributed by atoms with E-state index in [-0.39, 0.29) is 11.9 Å². The lowest BCUT2D eigenvalue weighted by atomic mass is 9.93. The van der Waals surface area contributed by atoms with Crippen LogP contribution in [0, 0.1) is 0 Å². The summed E-state index contributed by atoms with van der Waals surface area (Å²) in [5.41, 5.74) is 8.00. The third kappa shape index (κ3) is 2.50. The van der Waals surface area contributed by atoms with Gasteiger partial charge in [-0.05, 0) is 30.4 Å². The standard InChI is InChI=1S/C16H18N4O2/c17-15(21)13-7-11-3-1-2-4-12(11)8-20(13)9-14-18-16(19-22-14)10-5-6-10/h1-4,10,13H,5-9H2,(H2,17,21)/t13-/m0/s1.